The van der Waals surface area contributed by atoms with Crippen LogP contribution in [0.4, 0.5) is 5.69 Å². The standard InChI is InChI=1S/C11H14Cl2N2O2/c1-15(4-5-16)7-11(17)14-10-3-2-8(12)6-9(10)13/h2-3,6,16H,4-5,7H2,1H3,(H,14,17). The van der Waals surface area contributed by atoms with Gasteiger partial charge in [0.05, 0.1) is 23.9 Å². The summed E-state index contributed by atoms with van der Waals surface area (Å²) in [5, 5.41) is 12.3. The molecule has 0 aromatic heterocycles. The van der Waals surface area contributed by atoms with Crippen molar-refractivity contribution < 1.29 is 9.90 Å². The van der Waals surface area contributed by atoms with Gasteiger partial charge in [-0.05, 0) is 25.2 Å². The van der Waals surface area contributed by atoms with Crippen LogP contribution in [-0.2, 0) is 4.79 Å². The summed E-state index contributed by atoms with van der Waals surface area (Å²) < 4.78 is 0. The lowest BCUT2D eigenvalue weighted by atomic mass is 10.3. The van der Waals surface area contributed by atoms with Crippen LogP contribution >= 0.6 is 23.2 Å². The summed E-state index contributed by atoms with van der Waals surface area (Å²) in [6, 6.07) is 4.87. The molecule has 0 bridgehead atoms. The highest BCUT2D eigenvalue weighted by Crippen LogP contribution is 2.25. The average molecular weight is 277 g/mol. The highest BCUT2D eigenvalue weighted by Gasteiger charge is 2.08. The number of aliphatic hydroxyl groups is 1. The molecule has 94 valence electrons. The number of halogens is 2. The molecular weight excluding hydrogens is 263 g/mol. The van der Waals surface area contributed by atoms with Crippen LogP contribution in [0.3, 0.4) is 0 Å². The Morgan fingerprint density at radius 1 is 1.47 bits per heavy atom. The molecule has 0 heterocycles. The highest BCUT2D eigenvalue weighted by atomic mass is 35.5. The van der Waals surface area contributed by atoms with Gasteiger partial charge in [-0.15, -0.1) is 0 Å². The van der Waals surface area contributed by atoms with Crippen molar-refractivity contribution in [2.24, 2.45) is 0 Å². The van der Waals surface area contributed by atoms with E-state index in [-0.39, 0.29) is 19.1 Å². The molecule has 1 amide bonds. The summed E-state index contributed by atoms with van der Waals surface area (Å²) >= 11 is 11.7. The van der Waals surface area contributed by atoms with Crippen molar-refractivity contribution in [2.75, 3.05) is 32.1 Å². The van der Waals surface area contributed by atoms with Gasteiger partial charge >= 0.3 is 0 Å². The molecular formula is C11H14Cl2N2O2. The first-order valence-corrected chi connectivity index (χ1v) is 5.83. The van der Waals surface area contributed by atoms with E-state index in [4.69, 9.17) is 28.3 Å². The Bertz CT molecular complexity index is 399. The van der Waals surface area contributed by atoms with Gasteiger partial charge in [-0.2, -0.15) is 0 Å². The van der Waals surface area contributed by atoms with Crippen molar-refractivity contribution in [1.82, 2.24) is 4.90 Å². The smallest absolute Gasteiger partial charge is 0.238 e. The van der Waals surface area contributed by atoms with E-state index >= 15 is 0 Å². The molecule has 6 heteroatoms. The highest BCUT2D eigenvalue weighted by molar-refractivity contribution is 6.36. The van der Waals surface area contributed by atoms with E-state index in [0.29, 0.717) is 22.3 Å². The maximum absolute atomic E-state index is 11.6. The Kier molecular flexibility index (Phi) is 5.71. The first-order chi connectivity index (χ1) is 8.02. The molecule has 0 unspecified atom stereocenters. The molecule has 1 aromatic rings. The molecule has 0 aliphatic carbocycles. The fourth-order valence-electron chi connectivity index (χ4n) is 1.28. The molecule has 0 saturated heterocycles. The van der Waals surface area contributed by atoms with Crippen molar-refractivity contribution in [3.63, 3.8) is 0 Å². The van der Waals surface area contributed by atoms with Crippen LogP contribution in [0.15, 0.2) is 18.2 Å². The number of aliphatic hydroxyl groups excluding tert-OH is 1. The predicted octanol–water partition coefficient (Wildman–Crippen LogP) is 1.86. The van der Waals surface area contributed by atoms with Gasteiger partial charge in [0.15, 0.2) is 0 Å². The molecule has 0 aliphatic heterocycles. The van der Waals surface area contributed by atoms with Gasteiger partial charge in [0.25, 0.3) is 0 Å². The average Bonchev–Trinajstić information content (AvgIpc) is 2.22. The summed E-state index contributed by atoms with van der Waals surface area (Å²) in [5.41, 5.74) is 0.526. The van der Waals surface area contributed by atoms with Crippen LogP contribution in [-0.4, -0.2) is 42.7 Å². The molecule has 0 saturated carbocycles. The summed E-state index contributed by atoms with van der Waals surface area (Å²) in [6.07, 6.45) is 0. The third-order valence-electron chi connectivity index (χ3n) is 2.10. The van der Waals surface area contributed by atoms with E-state index in [0.717, 1.165) is 0 Å². The van der Waals surface area contributed by atoms with Gasteiger partial charge in [-0.25, -0.2) is 0 Å². The molecule has 0 spiro atoms. The maximum Gasteiger partial charge on any atom is 0.238 e. The molecule has 4 nitrogen and oxygen atoms in total. The van der Waals surface area contributed by atoms with Crippen LogP contribution in [0.25, 0.3) is 0 Å². The van der Waals surface area contributed by atoms with Crippen molar-refractivity contribution in [1.29, 1.82) is 0 Å². The second-order valence-electron chi connectivity index (χ2n) is 3.63. The zero-order valence-electron chi connectivity index (χ0n) is 9.41. The zero-order valence-corrected chi connectivity index (χ0v) is 10.9. The van der Waals surface area contributed by atoms with Crippen LogP contribution in [0.1, 0.15) is 0 Å². The Hall–Kier alpha value is -0.810. The number of rotatable bonds is 5. The lowest BCUT2D eigenvalue weighted by Crippen LogP contribution is -2.32. The van der Waals surface area contributed by atoms with Gasteiger partial charge in [-0.1, -0.05) is 23.2 Å². The summed E-state index contributed by atoms with van der Waals surface area (Å²) in [4.78, 5) is 13.3. The minimum Gasteiger partial charge on any atom is -0.395 e. The molecule has 17 heavy (non-hydrogen) atoms. The Morgan fingerprint density at radius 2 is 2.18 bits per heavy atom. The third-order valence-corrected chi connectivity index (χ3v) is 2.65. The van der Waals surface area contributed by atoms with Gasteiger partial charge in [0.2, 0.25) is 5.91 Å². The molecule has 0 aliphatic rings. The maximum atomic E-state index is 11.6. The third kappa shape index (κ3) is 4.91. The van der Waals surface area contributed by atoms with E-state index in [1.165, 1.54) is 0 Å². The Morgan fingerprint density at radius 3 is 2.76 bits per heavy atom. The molecule has 0 radical (unpaired) electrons. The quantitative estimate of drug-likeness (QED) is 0.863. The molecule has 2 N–H and O–H groups in total. The van der Waals surface area contributed by atoms with Gasteiger partial charge in [0.1, 0.15) is 0 Å². The van der Waals surface area contributed by atoms with Gasteiger partial charge in [0, 0.05) is 11.6 Å². The number of amides is 1. The first-order valence-electron chi connectivity index (χ1n) is 5.07. The van der Waals surface area contributed by atoms with Crippen LogP contribution < -0.4 is 5.32 Å². The van der Waals surface area contributed by atoms with E-state index in [1.807, 2.05) is 0 Å². The van der Waals surface area contributed by atoms with Crippen LogP contribution in [0, 0.1) is 0 Å². The van der Waals surface area contributed by atoms with E-state index in [9.17, 15) is 4.79 Å². The second-order valence-corrected chi connectivity index (χ2v) is 4.48. The molecule has 0 atom stereocenters. The van der Waals surface area contributed by atoms with Crippen LogP contribution in [0.5, 0.6) is 0 Å². The Balaban J connectivity index is 2.56. The monoisotopic (exact) mass is 276 g/mol. The van der Waals surface area contributed by atoms with Gasteiger partial charge < -0.3 is 10.4 Å². The summed E-state index contributed by atoms with van der Waals surface area (Å²) in [5.74, 6) is -0.190. The Labute approximate surface area is 110 Å². The lowest BCUT2D eigenvalue weighted by Gasteiger charge is -2.15. The van der Waals surface area contributed by atoms with E-state index in [2.05, 4.69) is 5.32 Å². The van der Waals surface area contributed by atoms with E-state index < -0.39 is 0 Å². The number of likely N-dealkylation sites (N-methyl/N-ethyl adjacent to an activating group) is 1. The summed E-state index contributed by atoms with van der Waals surface area (Å²) in [6.45, 7) is 0.659. The normalized spacial score (nSPS) is 10.6. The minimum absolute atomic E-state index is 0.0193. The van der Waals surface area contributed by atoms with Crippen LogP contribution in [0.2, 0.25) is 10.0 Å². The molecule has 1 rings (SSSR count). The fourth-order valence-corrected chi connectivity index (χ4v) is 1.73. The van der Waals surface area contributed by atoms with Crippen molar-refractivity contribution in [3.8, 4) is 0 Å². The van der Waals surface area contributed by atoms with Crippen molar-refractivity contribution in [2.45, 2.75) is 0 Å². The SMILES string of the molecule is CN(CCO)CC(=O)Nc1ccc(Cl)cc1Cl. The number of nitrogens with one attached hydrogen (secondary N) is 1. The largest absolute Gasteiger partial charge is 0.395 e. The summed E-state index contributed by atoms with van der Waals surface area (Å²) in [7, 11) is 1.75. The van der Waals surface area contributed by atoms with Gasteiger partial charge in [-0.3, -0.25) is 9.69 Å². The second kappa shape index (κ2) is 6.81. The predicted molar refractivity (Wildman–Crippen MR) is 69.7 cm³/mol. The number of nitrogens with zero attached hydrogens (tertiary/aromatic N) is 1. The fraction of sp³-hybridized carbons (Fsp3) is 0.364. The number of hydrogen-bond donors (Lipinski definition) is 2. The lowest BCUT2D eigenvalue weighted by molar-refractivity contribution is -0.117. The van der Waals surface area contributed by atoms with E-state index in [1.54, 1.807) is 30.1 Å². The number of carbonyl (C=O) groups excluding carboxylic acids is 1. The first kappa shape index (κ1) is 14.3. The van der Waals surface area contributed by atoms with Crippen molar-refractivity contribution >= 4 is 34.8 Å². The molecule has 1 aromatic carbocycles. The number of hydrogen-bond acceptors (Lipinski definition) is 3. The zero-order chi connectivity index (χ0) is 12.8. The number of benzene rings is 1. The number of carbonyl (C=O) groups is 1. The molecule has 0 fully saturated rings. The number of anilines is 1. The minimum atomic E-state index is -0.190. The van der Waals surface area contributed by atoms with Crippen molar-refractivity contribution in [3.05, 3.63) is 28.2 Å². The topological polar surface area (TPSA) is 52.6 Å².